The molecule has 4 heteroatoms. The molecule has 0 aliphatic carbocycles. The Kier molecular flexibility index (Phi) is 5.37. The predicted molar refractivity (Wildman–Crippen MR) is 68.0 cm³/mol. The number of hydrogen-bond acceptors (Lipinski definition) is 4. The molecule has 0 amide bonds. The standard InChI is InChI=1S/C10H18N2S2/c1-3-8(7-13-2)12-6-10-9(11)4-5-14-10/h4-5,8,12H,3,6-7,11H2,1-2H3. The van der Waals surface area contributed by atoms with Crippen LogP contribution in [0.4, 0.5) is 5.69 Å². The average molecular weight is 230 g/mol. The Morgan fingerprint density at radius 2 is 2.43 bits per heavy atom. The Hall–Kier alpha value is -0.190. The van der Waals surface area contributed by atoms with Crippen molar-refractivity contribution in [1.29, 1.82) is 0 Å². The van der Waals surface area contributed by atoms with Crippen molar-refractivity contribution in [3.8, 4) is 0 Å². The number of hydrogen-bond donors (Lipinski definition) is 2. The molecule has 1 heterocycles. The zero-order valence-corrected chi connectivity index (χ0v) is 10.4. The quantitative estimate of drug-likeness (QED) is 0.789. The normalized spacial score (nSPS) is 13.0. The minimum atomic E-state index is 0.603. The van der Waals surface area contributed by atoms with E-state index < -0.39 is 0 Å². The number of rotatable bonds is 6. The highest BCUT2D eigenvalue weighted by atomic mass is 32.2. The second kappa shape index (κ2) is 6.32. The Bertz CT molecular complexity index is 260. The van der Waals surface area contributed by atoms with Crippen molar-refractivity contribution in [1.82, 2.24) is 5.32 Å². The van der Waals surface area contributed by atoms with E-state index in [9.17, 15) is 0 Å². The van der Waals surface area contributed by atoms with Gasteiger partial charge in [0.25, 0.3) is 0 Å². The molecule has 0 aliphatic rings. The average Bonchev–Trinajstić information content (AvgIpc) is 2.59. The molecule has 2 nitrogen and oxygen atoms in total. The molecule has 0 saturated carbocycles. The van der Waals surface area contributed by atoms with Crippen molar-refractivity contribution >= 4 is 28.8 Å². The lowest BCUT2D eigenvalue weighted by Crippen LogP contribution is -2.29. The van der Waals surface area contributed by atoms with E-state index in [-0.39, 0.29) is 0 Å². The maximum atomic E-state index is 5.81. The maximum absolute atomic E-state index is 5.81. The van der Waals surface area contributed by atoms with Crippen LogP contribution in [0.3, 0.4) is 0 Å². The molecule has 0 saturated heterocycles. The van der Waals surface area contributed by atoms with Gasteiger partial charge in [0.15, 0.2) is 0 Å². The van der Waals surface area contributed by atoms with E-state index in [1.54, 1.807) is 11.3 Å². The van der Waals surface area contributed by atoms with Crippen LogP contribution in [-0.2, 0) is 6.54 Å². The van der Waals surface area contributed by atoms with Gasteiger partial charge in [-0.05, 0) is 24.1 Å². The van der Waals surface area contributed by atoms with E-state index >= 15 is 0 Å². The third kappa shape index (κ3) is 3.52. The summed E-state index contributed by atoms with van der Waals surface area (Å²) in [5.74, 6) is 1.17. The summed E-state index contributed by atoms with van der Waals surface area (Å²) in [6.07, 6.45) is 3.32. The molecular formula is C10H18N2S2. The number of anilines is 1. The molecule has 0 fully saturated rings. The van der Waals surface area contributed by atoms with Crippen LogP contribution in [0.5, 0.6) is 0 Å². The summed E-state index contributed by atoms with van der Waals surface area (Å²) >= 11 is 3.61. The zero-order chi connectivity index (χ0) is 10.4. The van der Waals surface area contributed by atoms with Crippen molar-refractivity contribution < 1.29 is 0 Å². The van der Waals surface area contributed by atoms with Gasteiger partial charge in [-0.25, -0.2) is 0 Å². The maximum Gasteiger partial charge on any atom is 0.0468 e. The van der Waals surface area contributed by atoms with Crippen molar-refractivity contribution in [2.45, 2.75) is 25.9 Å². The molecule has 1 aromatic rings. The second-order valence-electron chi connectivity index (χ2n) is 3.24. The largest absolute Gasteiger partial charge is 0.398 e. The molecule has 1 atom stereocenters. The Morgan fingerprint density at radius 3 is 2.93 bits per heavy atom. The van der Waals surface area contributed by atoms with E-state index in [1.165, 1.54) is 17.1 Å². The van der Waals surface area contributed by atoms with Gasteiger partial charge < -0.3 is 11.1 Å². The molecule has 0 radical (unpaired) electrons. The van der Waals surface area contributed by atoms with Gasteiger partial charge in [0, 0.05) is 28.9 Å². The third-order valence-corrected chi connectivity index (χ3v) is 3.86. The van der Waals surface area contributed by atoms with Gasteiger partial charge in [0.1, 0.15) is 0 Å². The van der Waals surface area contributed by atoms with Gasteiger partial charge >= 0.3 is 0 Å². The topological polar surface area (TPSA) is 38.0 Å². The molecular weight excluding hydrogens is 212 g/mol. The monoisotopic (exact) mass is 230 g/mol. The summed E-state index contributed by atoms with van der Waals surface area (Å²) in [5.41, 5.74) is 6.73. The minimum Gasteiger partial charge on any atom is -0.398 e. The lowest BCUT2D eigenvalue weighted by Gasteiger charge is -2.15. The first-order chi connectivity index (χ1) is 6.77. The summed E-state index contributed by atoms with van der Waals surface area (Å²) in [5, 5.41) is 5.57. The fraction of sp³-hybridized carbons (Fsp3) is 0.600. The molecule has 14 heavy (non-hydrogen) atoms. The highest BCUT2D eigenvalue weighted by molar-refractivity contribution is 7.98. The Balaban J connectivity index is 2.35. The van der Waals surface area contributed by atoms with E-state index in [2.05, 4.69) is 18.5 Å². The van der Waals surface area contributed by atoms with Crippen LogP contribution in [-0.4, -0.2) is 18.1 Å². The lowest BCUT2D eigenvalue weighted by atomic mass is 10.2. The van der Waals surface area contributed by atoms with Crippen molar-refractivity contribution in [3.05, 3.63) is 16.3 Å². The van der Waals surface area contributed by atoms with Gasteiger partial charge in [-0.15, -0.1) is 11.3 Å². The van der Waals surface area contributed by atoms with Gasteiger partial charge in [-0.3, -0.25) is 0 Å². The second-order valence-corrected chi connectivity index (χ2v) is 5.15. The number of thiophene rings is 1. The van der Waals surface area contributed by atoms with Crippen LogP contribution in [0.1, 0.15) is 18.2 Å². The van der Waals surface area contributed by atoms with Gasteiger partial charge in [-0.1, -0.05) is 6.92 Å². The first kappa shape index (κ1) is 11.9. The third-order valence-electron chi connectivity index (χ3n) is 2.19. The molecule has 1 rings (SSSR count). The number of thioether (sulfide) groups is 1. The van der Waals surface area contributed by atoms with E-state index in [1.807, 2.05) is 23.2 Å². The summed E-state index contributed by atoms with van der Waals surface area (Å²) in [6, 6.07) is 2.57. The summed E-state index contributed by atoms with van der Waals surface area (Å²) in [6.45, 7) is 3.12. The fourth-order valence-corrected chi connectivity index (χ4v) is 2.76. The van der Waals surface area contributed by atoms with Gasteiger partial charge in [-0.2, -0.15) is 11.8 Å². The van der Waals surface area contributed by atoms with E-state index in [0.29, 0.717) is 6.04 Å². The Labute approximate surface area is 94.3 Å². The zero-order valence-electron chi connectivity index (χ0n) is 8.75. The van der Waals surface area contributed by atoms with Crippen LogP contribution in [0.2, 0.25) is 0 Å². The minimum absolute atomic E-state index is 0.603. The highest BCUT2D eigenvalue weighted by Gasteiger charge is 2.06. The molecule has 0 aromatic carbocycles. The molecule has 1 aromatic heterocycles. The van der Waals surface area contributed by atoms with Crippen molar-refractivity contribution in [3.63, 3.8) is 0 Å². The first-order valence-electron chi connectivity index (χ1n) is 4.82. The van der Waals surface area contributed by atoms with Crippen LogP contribution >= 0.6 is 23.1 Å². The van der Waals surface area contributed by atoms with Gasteiger partial charge in [0.2, 0.25) is 0 Å². The molecule has 3 N–H and O–H groups in total. The molecule has 80 valence electrons. The first-order valence-corrected chi connectivity index (χ1v) is 7.09. The molecule has 1 unspecified atom stereocenters. The summed E-state index contributed by atoms with van der Waals surface area (Å²) < 4.78 is 0. The van der Waals surface area contributed by atoms with E-state index in [4.69, 9.17) is 5.73 Å². The molecule has 0 aliphatic heterocycles. The van der Waals surface area contributed by atoms with E-state index in [0.717, 1.165) is 12.2 Å². The van der Waals surface area contributed by atoms with Crippen LogP contribution in [0.15, 0.2) is 11.4 Å². The molecule has 0 bridgehead atoms. The fourth-order valence-electron chi connectivity index (χ4n) is 1.25. The van der Waals surface area contributed by atoms with Crippen LogP contribution in [0, 0.1) is 0 Å². The van der Waals surface area contributed by atoms with Crippen LogP contribution < -0.4 is 11.1 Å². The number of nitrogen functional groups attached to an aromatic ring is 1. The number of nitrogens with one attached hydrogen (secondary N) is 1. The highest BCUT2D eigenvalue weighted by Crippen LogP contribution is 2.18. The molecule has 0 spiro atoms. The summed E-state index contributed by atoms with van der Waals surface area (Å²) in [7, 11) is 0. The number of nitrogens with two attached hydrogens (primary N) is 1. The lowest BCUT2D eigenvalue weighted by molar-refractivity contribution is 0.545. The SMILES string of the molecule is CCC(CSC)NCc1sccc1N. The van der Waals surface area contributed by atoms with Gasteiger partial charge in [0.05, 0.1) is 0 Å². The summed E-state index contributed by atoms with van der Waals surface area (Å²) in [4.78, 5) is 1.25. The van der Waals surface area contributed by atoms with Crippen molar-refractivity contribution in [2.24, 2.45) is 0 Å². The predicted octanol–water partition coefficient (Wildman–Crippen LogP) is 2.56. The Morgan fingerprint density at radius 1 is 1.64 bits per heavy atom. The van der Waals surface area contributed by atoms with Crippen molar-refractivity contribution in [2.75, 3.05) is 17.7 Å². The smallest absolute Gasteiger partial charge is 0.0468 e. The van der Waals surface area contributed by atoms with Crippen LogP contribution in [0.25, 0.3) is 0 Å².